The fraction of sp³-hybridized carbons (Fsp3) is 0. The molecule has 0 aliphatic carbocycles. The van der Waals surface area contributed by atoms with Crippen LogP contribution in [0, 0.1) is 17.9 Å². The molecule has 0 fully saturated rings. The number of hydrogen-bond acceptors (Lipinski definition) is 1. The molecule has 0 atom stereocenters. The average Bonchev–Trinajstić information content (AvgIpc) is 3.67. The molecule has 4 heteroatoms. The molecule has 0 spiro atoms. The van der Waals surface area contributed by atoms with Crippen LogP contribution < -0.4 is 0 Å². The molecule has 0 N–H and O–H groups in total. The summed E-state index contributed by atoms with van der Waals surface area (Å²) in [6.07, 6.45) is 0. The lowest BCUT2D eigenvalue weighted by Crippen LogP contribution is -2.00. The maximum absolute atomic E-state index is 10.5. The van der Waals surface area contributed by atoms with E-state index in [0.717, 1.165) is 66.5 Å². The van der Waals surface area contributed by atoms with Crippen LogP contribution >= 0.6 is 0 Å². The molecule has 0 bridgehead atoms. The molecular weight excluding hydrogens is 585 g/mol. The van der Waals surface area contributed by atoms with E-state index in [4.69, 9.17) is 6.57 Å². The van der Waals surface area contributed by atoms with Crippen molar-refractivity contribution in [1.82, 2.24) is 9.13 Å². The molecule has 9 rings (SSSR count). The van der Waals surface area contributed by atoms with Crippen molar-refractivity contribution in [3.05, 3.63) is 175 Å². The largest absolute Gasteiger partial charge is 0.309 e. The number of fused-ring (bicyclic) bond motifs is 6. The highest BCUT2D eigenvalue weighted by Crippen LogP contribution is 2.42. The van der Waals surface area contributed by atoms with E-state index in [1.165, 1.54) is 10.8 Å². The SMILES string of the molecule is [C-]#[N+]c1ccc2c(c1)c1ccccc1n2-c1ccc(-c2ccccc2-c2c(C#N)cccc2-n2c3ccccc3c3ccccc32)cc1. The second kappa shape index (κ2) is 10.9. The standard InChI is InChI=1S/C44H26N4/c1-46-31-23-26-42-38(27-31)36-15-6-7-17-39(36)47(42)32-24-21-29(22-25-32)33-12-2-3-16-37(33)44-30(28-45)11-10-20-43(44)48-40-18-8-4-13-34(40)35-14-5-9-19-41(35)48/h2-27H. The molecule has 9 aromatic rings. The second-order valence-electron chi connectivity index (χ2n) is 11.9. The van der Waals surface area contributed by atoms with Crippen molar-refractivity contribution in [3.63, 3.8) is 0 Å². The van der Waals surface area contributed by atoms with Crippen LogP contribution in [0.15, 0.2) is 158 Å². The third-order valence-electron chi connectivity index (χ3n) is 9.40. The van der Waals surface area contributed by atoms with E-state index in [0.29, 0.717) is 11.3 Å². The average molecular weight is 611 g/mol. The second-order valence-corrected chi connectivity index (χ2v) is 11.9. The van der Waals surface area contributed by atoms with Crippen LogP contribution in [-0.2, 0) is 0 Å². The Bertz CT molecular complexity index is 2750. The minimum absolute atomic E-state index is 0.627. The zero-order valence-electron chi connectivity index (χ0n) is 25.8. The van der Waals surface area contributed by atoms with Gasteiger partial charge in [0.25, 0.3) is 0 Å². The summed E-state index contributed by atoms with van der Waals surface area (Å²) in [7, 11) is 0. The van der Waals surface area contributed by atoms with Crippen LogP contribution in [0.4, 0.5) is 5.69 Å². The Kier molecular flexibility index (Phi) is 6.22. The lowest BCUT2D eigenvalue weighted by molar-refractivity contribution is 1.18. The minimum atomic E-state index is 0.627. The predicted molar refractivity (Wildman–Crippen MR) is 197 cm³/mol. The molecule has 0 radical (unpaired) electrons. The van der Waals surface area contributed by atoms with Crippen molar-refractivity contribution in [2.75, 3.05) is 0 Å². The molecular formula is C44H26N4. The Labute approximate surface area is 277 Å². The van der Waals surface area contributed by atoms with E-state index in [-0.39, 0.29) is 0 Å². The molecule has 4 nitrogen and oxygen atoms in total. The molecule has 0 amide bonds. The van der Waals surface area contributed by atoms with Crippen molar-refractivity contribution in [1.29, 1.82) is 5.26 Å². The Morgan fingerprint density at radius 2 is 1.06 bits per heavy atom. The van der Waals surface area contributed by atoms with Crippen LogP contribution in [0.5, 0.6) is 0 Å². The van der Waals surface area contributed by atoms with E-state index < -0.39 is 0 Å². The monoisotopic (exact) mass is 610 g/mol. The summed E-state index contributed by atoms with van der Waals surface area (Å²) in [6, 6.07) is 56.7. The first-order chi connectivity index (χ1) is 23.7. The van der Waals surface area contributed by atoms with Crippen LogP contribution in [0.25, 0.3) is 82.1 Å². The van der Waals surface area contributed by atoms with Gasteiger partial charge in [-0.15, -0.1) is 0 Å². The molecule has 0 unspecified atom stereocenters. The van der Waals surface area contributed by atoms with Crippen LogP contribution in [0.1, 0.15) is 5.56 Å². The number of para-hydroxylation sites is 3. The lowest BCUT2D eigenvalue weighted by atomic mass is 9.90. The molecule has 0 aliphatic rings. The summed E-state index contributed by atoms with van der Waals surface area (Å²) in [5.41, 5.74) is 11.7. The van der Waals surface area contributed by atoms with Crippen LogP contribution in [0.3, 0.4) is 0 Å². The van der Waals surface area contributed by atoms with E-state index in [1.807, 2.05) is 42.5 Å². The highest BCUT2D eigenvalue weighted by molar-refractivity contribution is 6.11. The molecule has 2 heterocycles. The number of hydrogen-bond donors (Lipinski definition) is 0. The Morgan fingerprint density at radius 1 is 0.500 bits per heavy atom. The highest BCUT2D eigenvalue weighted by atomic mass is 15.0. The van der Waals surface area contributed by atoms with Gasteiger partial charge in [-0.1, -0.05) is 103 Å². The summed E-state index contributed by atoms with van der Waals surface area (Å²) in [4.78, 5) is 3.67. The Hall–Kier alpha value is -6.88. The molecule has 0 aliphatic heterocycles. The molecule has 2 aromatic heterocycles. The number of rotatable bonds is 4. The van der Waals surface area contributed by atoms with Gasteiger partial charge in [-0.25, -0.2) is 4.85 Å². The van der Waals surface area contributed by atoms with Gasteiger partial charge >= 0.3 is 0 Å². The molecule has 7 aromatic carbocycles. The van der Waals surface area contributed by atoms with E-state index in [1.54, 1.807) is 0 Å². The third-order valence-corrected chi connectivity index (χ3v) is 9.40. The fourth-order valence-electron chi connectivity index (χ4n) is 7.34. The molecule has 222 valence electrons. The maximum atomic E-state index is 10.5. The normalized spacial score (nSPS) is 11.3. The number of nitriles is 1. The molecule has 48 heavy (non-hydrogen) atoms. The van der Waals surface area contributed by atoms with E-state index in [2.05, 4.69) is 135 Å². The quantitative estimate of drug-likeness (QED) is 0.183. The number of aromatic nitrogens is 2. The number of nitrogens with zero attached hydrogens (tertiary/aromatic N) is 4. The summed E-state index contributed by atoms with van der Waals surface area (Å²) in [6.45, 7) is 7.53. The maximum Gasteiger partial charge on any atom is 0.188 e. The zero-order chi connectivity index (χ0) is 32.2. The minimum Gasteiger partial charge on any atom is -0.309 e. The van der Waals surface area contributed by atoms with Gasteiger partial charge < -0.3 is 9.13 Å². The predicted octanol–water partition coefficient (Wildman–Crippen LogP) is 11.6. The topological polar surface area (TPSA) is 38.0 Å². The summed E-state index contributed by atoms with van der Waals surface area (Å²) >= 11 is 0. The van der Waals surface area contributed by atoms with E-state index in [9.17, 15) is 5.26 Å². The van der Waals surface area contributed by atoms with Crippen LogP contribution in [-0.4, -0.2) is 9.13 Å². The van der Waals surface area contributed by atoms with Crippen molar-refractivity contribution in [3.8, 4) is 39.7 Å². The van der Waals surface area contributed by atoms with E-state index >= 15 is 0 Å². The van der Waals surface area contributed by atoms with Crippen molar-refractivity contribution < 1.29 is 0 Å². The van der Waals surface area contributed by atoms with Gasteiger partial charge in [0.2, 0.25) is 0 Å². The lowest BCUT2D eigenvalue weighted by Gasteiger charge is -2.18. The zero-order valence-corrected chi connectivity index (χ0v) is 25.8. The van der Waals surface area contributed by atoms with Crippen molar-refractivity contribution in [2.24, 2.45) is 0 Å². The first-order valence-corrected chi connectivity index (χ1v) is 15.9. The Balaban J connectivity index is 1.23. The van der Waals surface area contributed by atoms with Crippen molar-refractivity contribution in [2.45, 2.75) is 0 Å². The summed E-state index contributed by atoms with van der Waals surface area (Å²) in [5.74, 6) is 0. The van der Waals surface area contributed by atoms with Gasteiger partial charge in [0, 0.05) is 27.4 Å². The van der Waals surface area contributed by atoms with Crippen LogP contribution in [0.2, 0.25) is 0 Å². The van der Waals surface area contributed by atoms with Crippen molar-refractivity contribution >= 4 is 49.3 Å². The summed E-state index contributed by atoms with van der Waals surface area (Å²) in [5, 5.41) is 15.0. The number of benzene rings is 7. The first-order valence-electron chi connectivity index (χ1n) is 15.9. The van der Waals surface area contributed by atoms with Gasteiger partial charge in [0.05, 0.1) is 46.0 Å². The highest BCUT2D eigenvalue weighted by Gasteiger charge is 2.20. The molecule has 0 saturated carbocycles. The van der Waals surface area contributed by atoms with Gasteiger partial charge in [0.1, 0.15) is 0 Å². The molecule has 0 saturated heterocycles. The summed E-state index contributed by atoms with van der Waals surface area (Å²) < 4.78 is 4.56. The first kappa shape index (κ1) is 27.4. The Morgan fingerprint density at radius 3 is 1.71 bits per heavy atom. The fourth-order valence-corrected chi connectivity index (χ4v) is 7.34. The van der Waals surface area contributed by atoms with Gasteiger partial charge in [-0.3, -0.25) is 0 Å². The van der Waals surface area contributed by atoms with Gasteiger partial charge in [-0.05, 0) is 76.7 Å². The van der Waals surface area contributed by atoms with Gasteiger partial charge in [-0.2, -0.15) is 5.26 Å². The third kappa shape index (κ3) is 4.07. The smallest absolute Gasteiger partial charge is 0.188 e. The van der Waals surface area contributed by atoms with Gasteiger partial charge in [0.15, 0.2) is 5.69 Å².